The minimum atomic E-state index is -4.77. The van der Waals surface area contributed by atoms with Crippen molar-refractivity contribution >= 4 is 34.8 Å². The molecule has 2 heterocycles. The van der Waals surface area contributed by atoms with Gasteiger partial charge in [0.25, 0.3) is 0 Å². The second-order valence-corrected chi connectivity index (χ2v) is 9.02. The van der Waals surface area contributed by atoms with E-state index in [4.69, 9.17) is 27.9 Å². The van der Waals surface area contributed by atoms with Crippen LogP contribution in [0.5, 0.6) is 5.75 Å². The van der Waals surface area contributed by atoms with E-state index in [0.29, 0.717) is 40.7 Å². The number of carbonyl (C=O) groups excluding carboxylic acids is 1. The molecule has 1 fully saturated rings. The molecule has 1 saturated heterocycles. The van der Waals surface area contributed by atoms with Crippen molar-refractivity contribution in [3.05, 3.63) is 64.3 Å². The van der Waals surface area contributed by atoms with Crippen LogP contribution >= 0.6 is 23.2 Å². The maximum Gasteiger partial charge on any atom is 0.434 e. The highest BCUT2D eigenvalue weighted by molar-refractivity contribution is 6.34. The number of hydrogen-bond donors (Lipinski definition) is 0. The van der Waals surface area contributed by atoms with Crippen molar-refractivity contribution in [1.29, 1.82) is 0 Å². The first kappa shape index (κ1) is 25.2. The van der Waals surface area contributed by atoms with Crippen LogP contribution in [-0.2, 0) is 17.5 Å². The summed E-state index contributed by atoms with van der Waals surface area (Å²) in [5, 5.41) is 4.05. The SMILES string of the molecule is COc1cc(N2CCN(C(=O)Cn3nc(-c4ccccc4)c(Cl)c3C(F)(F)F)C(C)C2)ccc1Cl. The van der Waals surface area contributed by atoms with Gasteiger partial charge in [-0.1, -0.05) is 53.5 Å². The monoisotopic (exact) mass is 526 g/mol. The van der Waals surface area contributed by atoms with Gasteiger partial charge in [-0.25, -0.2) is 4.68 Å². The van der Waals surface area contributed by atoms with Gasteiger partial charge >= 0.3 is 6.18 Å². The Morgan fingerprint density at radius 2 is 1.86 bits per heavy atom. The molecule has 3 aromatic rings. The topological polar surface area (TPSA) is 50.6 Å². The Bertz CT molecular complexity index is 1220. The van der Waals surface area contributed by atoms with Crippen molar-refractivity contribution in [3.63, 3.8) is 0 Å². The molecular weight excluding hydrogens is 504 g/mol. The summed E-state index contributed by atoms with van der Waals surface area (Å²) in [6.45, 7) is 2.63. The number of carbonyl (C=O) groups is 1. The average Bonchev–Trinajstić information content (AvgIpc) is 3.15. The van der Waals surface area contributed by atoms with Crippen LogP contribution in [0.2, 0.25) is 10.0 Å². The van der Waals surface area contributed by atoms with Crippen LogP contribution in [0.25, 0.3) is 11.3 Å². The number of amides is 1. The maximum atomic E-state index is 13.8. The molecule has 0 N–H and O–H groups in total. The molecule has 0 saturated carbocycles. The molecule has 1 amide bonds. The van der Waals surface area contributed by atoms with Crippen LogP contribution in [0.1, 0.15) is 12.6 Å². The standard InChI is InChI=1S/C24H23Cl2F3N4O2/c1-15-13-31(17-8-9-18(25)19(12-17)35-2)10-11-32(15)20(34)14-33-23(24(27,28)29)21(26)22(30-33)16-6-4-3-5-7-16/h3-9,12,15H,10-11,13-14H2,1-2H3. The third kappa shape index (κ3) is 5.21. The number of methoxy groups -OCH3 is 1. The third-order valence-corrected chi connectivity index (χ3v) is 6.61. The van der Waals surface area contributed by atoms with E-state index < -0.39 is 29.3 Å². The van der Waals surface area contributed by atoms with Crippen molar-refractivity contribution in [1.82, 2.24) is 14.7 Å². The van der Waals surface area contributed by atoms with Crippen molar-refractivity contribution in [2.45, 2.75) is 25.7 Å². The lowest BCUT2D eigenvalue weighted by molar-refractivity contribution is -0.146. The van der Waals surface area contributed by atoms with Gasteiger partial charge in [0.1, 0.15) is 18.0 Å². The smallest absolute Gasteiger partial charge is 0.434 e. The van der Waals surface area contributed by atoms with Gasteiger partial charge in [-0.15, -0.1) is 0 Å². The molecule has 0 bridgehead atoms. The summed E-state index contributed by atoms with van der Waals surface area (Å²) >= 11 is 12.2. The summed E-state index contributed by atoms with van der Waals surface area (Å²) in [5.41, 5.74) is 0.179. The fourth-order valence-electron chi connectivity index (χ4n) is 4.23. The van der Waals surface area contributed by atoms with Crippen LogP contribution < -0.4 is 9.64 Å². The second-order valence-electron chi connectivity index (χ2n) is 8.23. The van der Waals surface area contributed by atoms with Crippen molar-refractivity contribution < 1.29 is 22.7 Å². The quantitative estimate of drug-likeness (QED) is 0.432. The van der Waals surface area contributed by atoms with E-state index in [0.717, 1.165) is 5.69 Å². The highest BCUT2D eigenvalue weighted by Crippen LogP contribution is 2.40. The Labute approximate surface area is 210 Å². The largest absolute Gasteiger partial charge is 0.495 e. The molecule has 0 spiro atoms. The van der Waals surface area contributed by atoms with Crippen LogP contribution in [-0.4, -0.2) is 53.4 Å². The molecule has 1 aliphatic rings. The first-order chi connectivity index (χ1) is 16.6. The average molecular weight is 527 g/mol. The van der Waals surface area contributed by atoms with Gasteiger partial charge in [0, 0.05) is 43.0 Å². The molecule has 1 aliphatic heterocycles. The number of piperazine rings is 1. The predicted molar refractivity (Wildman–Crippen MR) is 129 cm³/mol. The number of benzene rings is 2. The highest BCUT2D eigenvalue weighted by atomic mass is 35.5. The van der Waals surface area contributed by atoms with E-state index in [1.165, 1.54) is 7.11 Å². The molecule has 11 heteroatoms. The summed E-state index contributed by atoms with van der Waals surface area (Å²) in [5.74, 6) is 0.0786. The van der Waals surface area contributed by atoms with Gasteiger partial charge in [-0.05, 0) is 19.1 Å². The molecule has 1 aromatic heterocycles. The molecule has 4 rings (SSSR count). The van der Waals surface area contributed by atoms with Gasteiger partial charge in [-0.2, -0.15) is 18.3 Å². The van der Waals surface area contributed by atoms with Crippen molar-refractivity contribution in [2.24, 2.45) is 0 Å². The number of nitrogens with zero attached hydrogens (tertiary/aromatic N) is 4. The molecule has 186 valence electrons. The van der Waals surface area contributed by atoms with Crippen LogP contribution in [0.15, 0.2) is 48.5 Å². The van der Waals surface area contributed by atoms with Gasteiger partial charge in [0.05, 0.1) is 17.2 Å². The van der Waals surface area contributed by atoms with E-state index in [-0.39, 0.29) is 11.7 Å². The van der Waals surface area contributed by atoms with Gasteiger partial charge in [-0.3, -0.25) is 4.79 Å². The zero-order chi connectivity index (χ0) is 25.3. The fourth-order valence-corrected chi connectivity index (χ4v) is 4.78. The summed E-state index contributed by atoms with van der Waals surface area (Å²) in [4.78, 5) is 16.7. The number of ether oxygens (including phenoxy) is 1. The Morgan fingerprint density at radius 3 is 2.49 bits per heavy atom. The second kappa shape index (κ2) is 9.99. The summed E-state index contributed by atoms with van der Waals surface area (Å²) < 4.78 is 47.5. The molecule has 0 aliphatic carbocycles. The van der Waals surface area contributed by atoms with Crippen LogP contribution in [0.3, 0.4) is 0 Å². The Kier molecular flexibility index (Phi) is 7.19. The third-order valence-electron chi connectivity index (χ3n) is 5.94. The van der Waals surface area contributed by atoms with E-state index >= 15 is 0 Å². The van der Waals surface area contributed by atoms with Crippen LogP contribution in [0, 0.1) is 0 Å². The van der Waals surface area contributed by atoms with Gasteiger partial charge < -0.3 is 14.5 Å². The highest BCUT2D eigenvalue weighted by Gasteiger charge is 2.41. The molecule has 1 unspecified atom stereocenters. The normalized spacial score (nSPS) is 16.5. The fraction of sp³-hybridized carbons (Fsp3) is 0.333. The lowest BCUT2D eigenvalue weighted by Gasteiger charge is -2.41. The number of hydrogen-bond acceptors (Lipinski definition) is 4. The summed E-state index contributed by atoms with van der Waals surface area (Å²) in [7, 11) is 1.53. The maximum absolute atomic E-state index is 13.8. The van der Waals surface area contributed by atoms with Crippen LogP contribution in [0.4, 0.5) is 18.9 Å². The molecule has 35 heavy (non-hydrogen) atoms. The molecule has 1 atom stereocenters. The van der Waals surface area contributed by atoms with Gasteiger partial charge in [0.2, 0.25) is 5.91 Å². The minimum absolute atomic E-state index is 0.0121. The summed E-state index contributed by atoms with van der Waals surface area (Å²) in [6, 6.07) is 13.5. The predicted octanol–water partition coefficient (Wildman–Crippen LogP) is 5.62. The zero-order valence-electron chi connectivity index (χ0n) is 19.0. The number of alkyl halides is 3. The van der Waals surface area contributed by atoms with E-state index in [9.17, 15) is 18.0 Å². The molecule has 2 aromatic carbocycles. The first-order valence-electron chi connectivity index (χ1n) is 10.9. The molecule has 0 radical (unpaired) electrons. The van der Waals surface area contributed by atoms with E-state index in [2.05, 4.69) is 10.00 Å². The lowest BCUT2D eigenvalue weighted by atomic mass is 10.1. The number of anilines is 1. The zero-order valence-corrected chi connectivity index (χ0v) is 20.5. The Balaban J connectivity index is 1.53. The molecular formula is C24H23Cl2F3N4O2. The minimum Gasteiger partial charge on any atom is -0.495 e. The Hall–Kier alpha value is -2.91. The first-order valence-corrected chi connectivity index (χ1v) is 11.6. The number of halogens is 5. The van der Waals surface area contributed by atoms with E-state index in [1.54, 1.807) is 41.3 Å². The summed E-state index contributed by atoms with van der Waals surface area (Å²) in [6.07, 6.45) is -4.77. The number of aromatic nitrogens is 2. The van der Waals surface area contributed by atoms with Crippen molar-refractivity contribution in [2.75, 3.05) is 31.6 Å². The molecule has 6 nitrogen and oxygen atoms in total. The Morgan fingerprint density at radius 1 is 1.14 bits per heavy atom. The number of rotatable bonds is 5. The van der Waals surface area contributed by atoms with Gasteiger partial charge in [0.15, 0.2) is 5.69 Å². The van der Waals surface area contributed by atoms with E-state index in [1.807, 2.05) is 19.1 Å². The van der Waals surface area contributed by atoms with Crippen molar-refractivity contribution in [3.8, 4) is 17.0 Å². The lowest BCUT2D eigenvalue weighted by Crippen LogP contribution is -2.55.